The normalized spacial score (nSPS) is 10.8. The van der Waals surface area contributed by atoms with E-state index in [0.29, 0.717) is 11.1 Å². The van der Waals surface area contributed by atoms with Gasteiger partial charge >= 0.3 is 0 Å². The number of nitrogen functional groups attached to an aromatic ring is 1. The first-order valence-electron chi connectivity index (χ1n) is 4.89. The maximum atomic E-state index is 13.6. The van der Waals surface area contributed by atoms with E-state index in [2.05, 4.69) is 10.2 Å². The quantitative estimate of drug-likeness (QED) is 0.861. The van der Waals surface area contributed by atoms with Crippen LogP contribution < -0.4 is 5.73 Å². The molecule has 4 nitrogen and oxygen atoms in total. The molecule has 3 N–H and O–H groups in total. The van der Waals surface area contributed by atoms with Crippen LogP contribution in [0.2, 0.25) is 0 Å². The van der Waals surface area contributed by atoms with E-state index < -0.39 is 11.6 Å². The topological polar surface area (TPSA) is 63.9 Å². The van der Waals surface area contributed by atoms with E-state index in [-0.39, 0.29) is 18.0 Å². The zero-order valence-corrected chi connectivity index (χ0v) is 9.13. The number of nitrogens with one attached hydrogen (secondary N) is 1. The van der Waals surface area contributed by atoms with Crippen molar-refractivity contribution in [2.24, 2.45) is 0 Å². The standard InChI is InChI=1S/C11H11F2N3O/c1-17-5-8-9(12)2-6(3-10(8)13)7-4-15-16-11(7)14/h2-4H,5H2,1H3,(H3,14,15,16). The Bertz CT molecular complexity index is 516. The highest BCUT2D eigenvalue weighted by Crippen LogP contribution is 2.27. The van der Waals surface area contributed by atoms with Crippen LogP contribution in [0.1, 0.15) is 5.56 Å². The van der Waals surface area contributed by atoms with Crippen molar-refractivity contribution < 1.29 is 13.5 Å². The fourth-order valence-corrected chi connectivity index (χ4v) is 1.57. The number of ether oxygens (including phenoxy) is 1. The molecule has 1 aromatic heterocycles. The first-order chi connectivity index (χ1) is 8.13. The van der Waals surface area contributed by atoms with Crippen molar-refractivity contribution >= 4 is 5.82 Å². The smallest absolute Gasteiger partial charge is 0.132 e. The summed E-state index contributed by atoms with van der Waals surface area (Å²) in [5.41, 5.74) is 6.29. The number of anilines is 1. The molecule has 0 radical (unpaired) electrons. The number of H-pyrrole nitrogens is 1. The van der Waals surface area contributed by atoms with Crippen LogP contribution in [0.4, 0.5) is 14.6 Å². The molecule has 1 heterocycles. The number of hydrogen-bond donors (Lipinski definition) is 2. The first-order valence-corrected chi connectivity index (χ1v) is 4.89. The van der Waals surface area contributed by atoms with E-state index >= 15 is 0 Å². The first kappa shape index (κ1) is 11.5. The lowest BCUT2D eigenvalue weighted by Gasteiger charge is -2.06. The molecule has 0 amide bonds. The highest BCUT2D eigenvalue weighted by atomic mass is 19.1. The monoisotopic (exact) mass is 239 g/mol. The van der Waals surface area contributed by atoms with Crippen molar-refractivity contribution in [3.05, 3.63) is 35.5 Å². The number of hydrogen-bond acceptors (Lipinski definition) is 3. The Morgan fingerprint density at radius 3 is 2.47 bits per heavy atom. The Hall–Kier alpha value is -1.95. The Balaban J connectivity index is 2.49. The molecule has 0 aliphatic rings. The Morgan fingerprint density at radius 1 is 1.35 bits per heavy atom. The molecule has 1 aromatic carbocycles. The maximum Gasteiger partial charge on any atom is 0.132 e. The molecule has 6 heteroatoms. The van der Waals surface area contributed by atoms with Crippen LogP contribution in [0.5, 0.6) is 0 Å². The predicted octanol–water partition coefficient (Wildman–Crippen LogP) is 2.08. The fraction of sp³-hybridized carbons (Fsp3) is 0.182. The van der Waals surface area contributed by atoms with Crippen molar-refractivity contribution in [2.45, 2.75) is 6.61 Å². The lowest BCUT2D eigenvalue weighted by atomic mass is 10.1. The molecule has 0 spiro atoms. The van der Waals surface area contributed by atoms with Crippen molar-refractivity contribution in [1.29, 1.82) is 0 Å². The van der Waals surface area contributed by atoms with Gasteiger partial charge in [-0.05, 0) is 17.7 Å². The summed E-state index contributed by atoms with van der Waals surface area (Å²) in [5.74, 6) is -1.06. The number of halogens is 2. The van der Waals surface area contributed by atoms with Crippen LogP contribution in [-0.4, -0.2) is 17.3 Å². The Morgan fingerprint density at radius 2 is 2.00 bits per heavy atom. The van der Waals surface area contributed by atoms with Crippen LogP contribution in [0.25, 0.3) is 11.1 Å². The zero-order valence-electron chi connectivity index (χ0n) is 9.13. The molecule has 0 aliphatic heterocycles. The highest BCUT2D eigenvalue weighted by molar-refractivity contribution is 5.73. The summed E-state index contributed by atoms with van der Waals surface area (Å²) in [4.78, 5) is 0. The number of aromatic amines is 1. The van der Waals surface area contributed by atoms with Gasteiger partial charge in [0.1, 0.15) is 17.5 Å². The van der Waals surface area contributed by atoms with Gasteiger partial charge in [0.25, 0.3) is 0 Å². The molecule has 0 aliphatic carbocycles. The van der Waals surface area contributed by atoms with Gasteiger partial charge in [0.05, 0.1) is 12.8 Å². The van der Waals surface area contributed by atoms with Crippen LogP contribution in [-0.2, 0) is 11.3 Å². The van der Waals surface area contributed by atoms with Gasteiger partial charge in [0, 0.05) is 18.2 Å². The van der Waals surface area contributed by atoms with E-state index in [1.54, 1.807) is 0 Å². The molecule has 0 fully saturated rings. The van der Waals surface area contributed by atoms with E-state index in [0.717, 1.165) is 0 Å². The third-order valence-electron chi connectivity index (χ3n) is 2.41. The molecular weight excluding hydrogens is 228 g/mol. The Kier molecular flexibility index (Phi) is 3.06. The summed E-state index contributed by atoms with van der Waals surface area (Å²) >= 11 is 0. The summed E-state index contributed by atoms with van der Waals surface area (Å²) in [6.07, 6.45) is 1.42. The second-order valence-electron chi connectivity index (χ2n) is 3.55. The highest BCUT2D eigenvalue weighted by Gasteiger charge is 2.13. The van der Waals surface area contributed by atoms with Gasteiger partial charge < -0.3 is 10.5 Å². The number of aromatic nitrogens is 2. The zero-order chi connectivity index (χ0) is 12.4. The average Bonchev–Trinajstić information content (AvgIpc) is 2.69. The molecule has 0 atom stereocenters. The SMILES string of the molecule is COCc1c(F)cc(-c2cn[nH]c2N)cc1F. The van der Waals surface area contributed by atoms with Gasteiger partial charge in [-0.2, -0.15) is 5.10 Å². The summed E-state index contributed by atoms with van der Waals surface area (Å²) < 4.78 is 32.0. The van der Waals surface area contributed by atoms with Crippen LogP contribution in [0.3, 0.4) is 0 Å². The third-order valence-corrected chi connectivity index (χ3v) is 2.41. The van der Waals surface area contributed by atoms with E-state index in [4.69, 9.17) is 10.5 Å². The minimum Gasteiger partial charge on any atom is -0.384 e. The number of nitrogens with two attached hydrogens (primary N) is 1. The van der Waals surface area contributed by atoms with E-state index in [9.17, 15) is 8.78 Å². The second-order valence-corrected chi connectivity index (χ2v) is 3.55. The van der Waals surface area contributed by atoms with E-state index in [1.165, 1.54) is 25.4 Å². The molecule has 0 unspecified atom stereocenters. The summed E-state index contributed by atoms with van der Waals surface area (Å²) in [7, 11) is 1.38. The van der Waals surface area contributed by atoms with Crippen molar-refractivity contribution in [3.8, 4) is 11.1 Å². The van der Waals surface area contributed by atoms with Crippen LogP contribution in [0, 0.1) is 11.6 Å². The minimum atomic E-state index is -0.664. The molecular formula is C11H11F2N3O. The molecule has 17 heavy (non-hydrogen) atoms. The third kappa shape index (κ3) is 2.12. The molecule has 0 saturated heterocycles. The number of methoxy groups -OCH3 is 1. The number of rotatable bonds is 3. The van der Waals surface area contributed by atoms with Gasteiger partial charge in [-0.15, -0.1) is 0 Å². The van der Waals surface area contributed by atoms with Crippen molar-refractivity contribution in [3.63, 3.8) is 0 Å². The second kappa shape index (κ2) is 4.50. The Labute approximate surface area is 96.4 Å². The minimum absolute atomic E-state index is 0.0988. The van der Waals surface area contributed by atoms with Gasteiger partial charge in [-0.1, -0.05) is 0 Å². The van der Waals surface area contributed by atoms with Crippen LogP contribution in [0.15, 0.2) is 18.3 Å². The predicted molar refractivity (Wildman–Crippen MR) is 59.1 cm³/mol. The molecule has 0 saturated carbocycles. The average molecular weight is 239 g/mol. The maximum absolute atomic E-state index is 13.6. The molecule has 0 bridgehead atoms. The number of nitrogens with zero attached hydrogens (tertiary/aromatic N) is 1. The van der Waals surface area contributed by atoms with Gasteiger partial charge in [0.15, 0.2) is 0 Å². The van der Waals surface area contributed by atoms with Crippen molar-refractivity contribution in [2.75, 3.05) is 12.8 Å². The summed E-state index contributed by atoms with van der Waals surface area (Å²) in [6, 6.07) is 2.41. The largest absolute Gasteiger partial charge is 0.384 e. The molecule has 2 aromatic rings. The lowest BCUT2D eigenvalue weighted by molar-refractivity contribution is 0.177. The summed E-state index contributed by atoms with van der Waals surface area (Å²) in [5, 5.41) is 6.20. The fourth-order valence-electron chi connectivity index (χ4n) is 1.57. The van der Waals surface area contributed by atoms with Gasteiger partial charge in [-0.25, -0.2) is 8.78 Å². The summed E-state index contributed by atoms with van der Waals surface area (Å²) in [6.45, 7) is -0.112. The lowest BCUT2D eigenvalue weighted by Crippen LogP contribution is -1.99. The van der Waals surface area contributed by atoms with E-state index in [1.807, 2.05) is 0 Å². The molecule has 90 valence electrons. The number of benzene rings is 1. The van der Waals surface area contributed by atoms with Crippen molar-refractivity contribution in [1.82, 2.24) is 10.2 Å². The molecule has 2 rings (SSSR count). The van der Waals surface area contributed by atoms with Gasteiger partial charge in [-0.3, -0.25) is 5.10 Å². The van der Waals surface area contributed by atoms with Gasteiger partial charge in [0.2, 0.25) is 0 Å². The van der Waals surface area contributed by atoms with Crippen LogP contribution >= 0.6 is 0 Å².